The molecule has 0 aromatic heterocycles. The molecule has 1 saturated heterocycles. The van der Waals surface area contributed by atoms with Crippen LogP contribution in [0, 0.1) is 11.8 Å². The first-order valence-electron chi connectivity index (χ1n) is 8.11. The van der Waals surface area contributed by atoms with Crippen molar-refractivity contribution >= 4 is 28.0 Å². The van der Waals surface area contributed by atoms with Crippen LogP contribution in [-0.2, 0) is 16.0 Å². The molecule has 1 N–H and O–H groups in total. The molecule has 1 unspecified atom stereocenters. The van der Waals surface area contributed by atoms with Crippen molar-refractivity contribution < 1.29 is 19.4 Å². The number of aliphatic carboxylic acids is 1. The van der Waals surface area contributed by atoms with Gasteiger partial charge in [0.25, 0.3) is 0 Å². The minimum atomic E-state index is -0.814. The monoisotopic (exact) mass is 397 g/mol. The third-order valence-electron chi connectivity index (χ3n) is 4.11. The predicted octanol–water partition coefficient (Wildman–Crippen LogP) is 3.95. The Balaban J connectivity index is 2.02. The SMILES string of the molecule is CC(C)(C)OC(=O)N1CC[C@H](C(Cc2cccc(Br)c2)C(=O)O)C1. The molecule has 1 fully saturated rings. The fourth-order valence-electron chi connectivity index (χ4n) is 2.98. The topological polar surface area (TPSA) is 66.8 Å². The van der Waals surface area contributed by atoms with Crippen LogP contribution in [0.15, 0.2) is 28.7 Å². The van der Waals surface area contributed by atoms with E-state index in [1.807, 2.05) is 45.0 Å². The van der Waals surface area contributed by atoms with Crippen LogP contribution < -0.4 is 0 Å². The highest BCUT2D eigenvalue weighted by molar-refractivity contribution is 9.10. The number of ether oxygens (including phenoxy) is 1. The molecule has 1 aromatic carbocycles. The summed E-state index contributed by atoms with van der Waals surface area (Å²) < 4.78 is 6.31. The van der Waals surface area contributed by atoms with Gasteiger partial charge in [-0.05, 0) is 57.2 Å². The maximum absolute atomic E-state index is 12.2. The summed E-state index contributed by atoms with van der Waals surface area (Å²) in [4.78, 5) is 25.5. The van der Waals surface area contributed by atoms with Gasteiger partial charge in [-0.3, -0.25) is 4.79 Å². The summed E-state index contributed by atoms with van der Waals surface area (Å²) in [7, 11) is 0. The van der Waals surface area contributed by atoms with Crippen molar-refractivity contribution in [3.63, 3.8) is 0 Å². The van der Waals surface area contributed by atoms with Gasteiger partial charge in [0.15, 0.2) is 0 Å². The highest BCUT2D eigenvalue weighted by Crippen LogP contribution is 2.29. The first-order chi connectivity index (χ1) is 11.2. The van der Waals surface area contributed by atoms with Gasteiger partial charge in [0.1, 0.15) is 5.60 Å². The van der Waals surface area contributed by atoms with Crippen LogP contribution in [0.2, 0.25) is 0 Å². The van der Waals surface area contributed by atoms with Crippen molar-refractivity contribution in [3.8, 4) is 0 Å². The van der Waals surface area contributed by atoms with Gasteiger partial charge >= 0.3 is 12.1 Å². The van der Waals surface area contributed by atoms with Gasteiger partial charge in [0.2, 0.25) is 0 Å². The van der Waals surface area contributed by atoms with Crippen LogP contribution in [0.5, 0.6) is 0 Å². The zero-order valence-electron chi connectivity index (χ0n) is 14.3. The Morgan fingerprint density at radius 1 is 1.42 bits per heavy atom. The first kappa shape index (κ1) is 18.8. The van der Waals surface area contributed by atoms with Gasteiger partial charge in [-0.25, -0.2) is 4.79 Å². The fourth-order valence-corrected chi connectivity index (χ4v) is 3.43. The number of amides is 1. The van der Waals surface area contributed by atoms with E-state index in [0.29, 0.717) is 25.9 Å². The van der Waals surface area contributed by atoms with Crippen molar-refractivity contribution in [2.75, 3.05) is 13.1 Å². The van der Waals surface area contributed by atoms with Crippen LogP contribution in [0.25, 0.3) is 0 Å². The number of hydrogen-bond acceptors (Lipinski definition) is 3. The Labute approximate surface area is 151 Å². The number of hydrogen-bond donors (Lipinski definition) is 1. The number of carboxylic acid groups (broad SMARTS) is 1. The van der Waals surface area contributed by atoms with E-state index in [1.54, 1.807) is 4.90 Å². The number of nitrogens with zero attached hydrogens (tertiary/aromatic N) is 1. The van der Waals surface area contributed by atoms with Crippen LogP contribution >= 0.6 is 15.9 Å². The number of carbonyl (C=O) groups excluding carboxylic acids is 1. The third-order valence-corrected chi connectivity index (χ3v) is 4.60. The van der Waals surface area contributed by atoms with Gasteiger partial charge in [-0.1, -0.05) is 28.1 Å². The number of carbonyl (C=O) groups is 2. The fraction of sp³-hybridized carbons (Fsp3) is 0.556. The van der Waals surface area contributed by atoms with Crippen LogP contribution in [-0.4, -0.2) is 40.8 Å². The summed E-state index contributed by atoms with van der Waals surface area (Å²) in [6.45, 7) is 6.45. The number of halogens is 1. The standard InChI is InChI=1S/C18H24BrNO4/c1-18(2,3)24-17(23)20-8-7-13(11-20)15(16(21)22)10-12-5-4-6-14(19)9-12/h4-6,9,13,15H,7-8,10-11H2,1-3H3,(H,21,22)/t13-,15?/m0/s1. The van der Waals surface area contributed by atoms with E-state index in [4.69, 9.17) is 4.74 Å². The smallest absolute Gasteiger partial charge is 0.410 e. The van der Waals surface area contributed by atoms with Crippen molar-refractivity contribution in [3.05, 3.63) is 34.3 Å². The molecule has 0 spiro atoms. The van der Waals surface area contributed by atoms with Crippen molar-refractivity contribution in [2.24, 2.45) is 11.8 Å². The first-order valence-corrected chi connectivity index (χ1v) is 8.90. The summed E-state index contributed by atoms with van der Waals surface area (Å²) in [5.41, 5.74) is 0.435. The molecule has 0 saturated carbocycles. The molecule has 2 atom stereocenters. The third kappa shape index (κ3) is 5.23. The summed E-state index contributed by atoms with van der Waals surface area (Å²) >= 11 is 3.41. The molecule has 1 aliphatic rings. The Morgan fingerprint density at radius 2 is 2.12 bits per heavy atom. The van der Waals surface area contributed by atoms with Gasteiger partial charge < -0.3 is 14.7 Å². The van der Waals surface area contributed by atoms with E-state index in [1.165, 1.54) is 0 Å². The average Bonchev–Trinajstić information content (AvgIpc) is 2.92. The van der Waals surface area contributed by atoms with Crippen LogP contribution in [0.1, 0.15) is 32.8 Å². The van der Waals surface area contributed by atoms with Crippen molar-refractivity contribution in [1.29, 1.82) is 0 Å². The van der Waals surface area contributed by atoms with Crippen LogP contribution in [0.3, 0.4) is 0 Å². The van der Waals surface area contributed by atoms with E-state index in [2.05, 4.69) is 15.9 Å². The molecule has 2 rings (SSSR count). The molecule has 0 bridgehead atoms. The second kappa shape index (κ2) is 7.55. The second-order valence-corrected chi connectivity index (χ2v) is 8.17. The summed E-state index contributed by atoms with van der Waals surface area (Å²) in [6.07, 6.45) is 0.780. The van der Waals surface area contributed by atoms with Crippen molar-refractivity contribution in [2.45, 2.75) is 39.2 Å². The van der Waals surface area contributed by atoms with Gasteiger partial charge in [-0.2, -0.15) is 0 Å². The van der Waals surface area contributed by atoms with Gasteiger partial charge in [0.05, 0.1) is 5.92 Å². The minimum absolute atomic E-state index is 0.0611. The average molecular weight is 398 g/mol. The molecule has 1 aliphatic heterocycles. The van der Waals surface area contributed by atoms with Gasteiger partial charge in [-0.15, -0.1) is 0 Å². The number of likely N-dealkylation sites (tertiary alicyclic amines) is 1. The predicted molar refractivity (Wildman–Crippen MR) is 94.9 cm³/mol. The number of benzene rings is 1. The normalized spacial score (nSPS) is 19.2. The molecule has 132 valence electrons. The molecular formula is C18H24BrNO4. The van der Waals surface area contributed by atoms with E-state index in [-0.39, 0.29) is 12.0 Å². The van der Waals surface area contributed by atoms with E-state index in [9.17, 15) is 14.7 Å². The zero-order valence-corrected chi connectivity index (χ0v) is 15.9. The Kier molecular flexibility index (Phi) is 5.91. The molecular weight excluding hydrogens is 374 g/mol. The zero-order chi connectivity index (χ0) is 17.9. The maximum Gasteiger partial charge on any atom is 0.410 e. The Hall–Kier alpha value is -1.56. The highest BCUT2D eigenvalue weighted by Gasteiger charge is 2.37. The lowest BCUT2D eigenvalue weighted by molar-refractivity contribution is -0.143. The van der Waals surface area contributed by atoms with E-state index in [0.717, 1.165) is 10.0 Å². The largest absolute Gasteiger partial charge is 0.481 e. The maximum atomic E-state index is 12.2. The summed E-state index contributed by atoms with van der Waals surface area (Å²) in [5.74, 6) is -1.38. The summed E-state index contributed by atoms with van der Waals surface area (Å²) in [5, 5.41) is 9.63. The Bertz CT molecular complexity index is 611. The van der Waals surface area contributed by atoms with Crippen molar-refractivity contribution in [1.82, 2.24) is 4.90 Å². The van der Waals surface area contributed by atoms with E-state index < -0.39 is 17.5 Å². The lowest BCUT2D eigenvalue weighted by Crippen LogP contribution is -2.36. The number of carboxylic acids is 1. The minimum Gasteiger partial charge on any atom is -0.481 e. The molecule has 0 aliphatic carbocycles. The summed E-state index contributed by atoms with van der Waals surface area (Å²) in [6, 6.07) is 7.69. The molecule has 0 radical (unpaired) electrons. The van der Waals surface area contributed by atoms with E-state index >= 15 is 0 Å². The second-order valence-electron chi connectivity index (χ2n) is 7.25. The molecule has 6 heteroatoms. The molecule has 1 aromatic rings. The molecule has 24 heavy (non-hydrogen) atoms. The molecule has 5 nitrogen and oxygen atoms in total. The highest BCUT2D eigenvalue weighted by atomic mass is 79.9. The molecule has 1 amide bonds. The number of rotatable bonds is 4. The quantitative estimate of drug-likeness (QED) is 0.834. The Morgan fingerprint density at radius 3 is 2.71 bits per heavy atom. The van der Waals surface area contributed by atoms with Crippen LogP contribution in [0.4, 0.5) is 4.79 Å². The van der Waals surface area contributed by atoms with Gasteiger partial charge in [0, 0.05) is 17.6 Å². The lowest BCUT2D eigenvalue weighted by atomic mass is 9.86. The molecule has 1 heterocycles. The lowest BCUT2D eigenvalue weighted by Gasteiger charge is -2.25.